The van der Waals surface area contributed by atoms with E-state index in [-0.39, 0.29) is 40.8 Å². The summed E-state index contributed by atoms with van der Waals surface area (Å²) >= 11 is 11.9. The largest absolute Gasteiger partial charge is 0.457 e. The minimum Gasteiger partial charge on any atom is -0.457 e. The molecule has 9 heteroatoms. The van der Waals surface area contributed by atoms with E-state index in [1.807, 2.05) is 31.2 Å². The average molecular weight is 526 g/mol. The van der Waals surface area contributed by atoms with Gasteiger partial charge in [0.25, 0.3) is 0 Å². The number of aryl methyl sites for hydroxylation is 1. The summed E-state index contributed by atoms with van der Waals surface area (Å²) in [6, 6.07) is 17.7. The second-order valence-electron chi connectivity index (χ2n) is 8.31. The standard InChI is InChI=1S/C27H21Cl2NO6/c1-16-2-7-20(8-3-16)30-14-18(12-25(30)32)26(33)35-15-24(31)17-4-9-21(10-5-17)36-27(34)22-11-6-19(28)13-23(22)29/h2-11,13,18H,12,14-15H2,1H3/t18-/m1/s1. The lowest BCUT2D eigenvalue weighted by atomic mass is 10.1. The molecule has 0 aliphatic carbocycles. The third-order valence-electron chi connectivity index (χ3n) is 5.69. The van der Waals surface area contributed by atoms with Gasteiger partial charge in [0, 0.05) is 29.2 Å². The molecule has 0 unspecified atom stereocenters. The number of hydrogen-bond donors (Lipinski definition) is 0. The van der Waals surface area contributed by atoms with Crippen LogP contribution in [0.1, 0.15) is 32.7 Å². The Bertz CT molecular complexity index is 1320. The molecule has 1 saturated heterocycles. The van der Waals surface area contributed by atoms with Gasteiger partial charge in [-0.1, -0.05) is 40.9 Å². The van der Waals surface area contributed by atoms with Crippen LogP contribution in [0.15, 0.2) is 66.7 Å². The van der Waals surface area contributed by atoms with Gasteiger partial charge in [0.05, 0.1) is 16.5 Å². The summed E-state index contributed by atoms with van der Waals surface area (Å²) in [5.41, 5.74) is 2.21. The van der Waals surface area contributed by atoms with Crippen LogP contribution < -0.4 is 9.64 Å². The molecule has 3 aromatic carbocycles. The number of carbonyl (C=O) groups is 4. The molecule has 0 saturated carbocycles. The number of ketones is 1. The molecular formula is C27H21Cl2NO6. The van der Waals surface area contributed by atoms with Crippen LogP contribution >= 0.6 is 23.2 Å². The van der Waals surface area contributed by atoms with Gasteiger partial charge in [-0.2, -0.15) is 0 Å². The number of nitrogens with zero attached hydrogens (tertiary/aromatic N) is 1. The fourth-order valence-corrected chi connectivity index (χ4v) is 4.19. The minimum absolute atomic E-state index is 0.0264. The van der Waals surface area contributed by atoms with E-state index >= 15 is 0 Å². The Morgan fingerprint density at radius 2 is 1.67 bits per heavy atom. The lowest BCUT2D eigenvalue weighted by Gasteiger charge is -2.16. The molecule has 184 valence electrons. The van der Waals surface area contributed by atoms with Gasteiger partial charge in [0.2, 0.25) is 5.91 Å². The maximum absolute atomic E-state index is 12.5. The number of benzene rings is 3. The van der Waals surface area contributed by atoms with Crippen LogP contribution in [0.3, 0.4) is 0 Å². The summed E-state index contributed by atoms with van der Waals surface area (Å²) in [6.45, 7) is 1.68. The molecule has 0 spiro atoms. The first kappa shape index (κ1) is 25.4. The number of anilines is 1. The van der Waals surface area contributed by atoms with Crippen molar-refractivity contribution in [1.82, 2.24) is 0 Å². The van der Waals surface area contributed by atoms with E-state index in [1.165, 1.54) is 42.5 Å². The van der Waals surface area contributed by atoms with E-state index in [9.17, 15) is 19.2 Å². The maximum Gasteiger partial charge on any atom is 0.345 e. The molecule has 0 N–H and O–H groups in total. The summed E-state index contributed by atoms with van der Waals surface area (Å²) in [6.07, 6.45) is 0.0264. The Morgan fingerprint density at radius 1 is 0.972 bits per heavy atom. The van der Waals surface area contributed by atoms with Crippen LogP contribution in [-0.2, 0) is 14.3 Å². The molecule has 0 radical (unpaired) electrons. The zero-order chi connectivity index (χ0) is 25.8. The van der Waals surface area contributed by atoms with Gasteiger partial charge in [0.1, 0.15) is 5.75 Å². The van der Waals surface area contributed by atoms with Gasteiger partial charge in [0.15, 0.2) is 12.4 Å². The van der Waals surface area contributed by atoms with Crippen LogP contribution in [0.25, 0.3) is 0 Å². The van der Waals surface area contributed by atoms with E-state index < -0.39 is 30.2 Å². The first-order chi connectivity index (χ1) is 17.2. The zero-order valence-corrected chi connectivity index (χ0v) is 20.7. The van der Waals surface area contributed by atoms with E-state index in [4.69, 9.17) is 32.7 Å². The van der Waals surface area contributed by atoms with Crippen molar-refractivity contribution in [3.8, 4) is 5.75 Å². The lowest BCUT2D eigenvalue weighted by Crippen LogP contribution is -2.27. The van der Waals surface area contributed by atoms with Gasteiger partial charge in [-0.15, -0.1) is 0 Å². The number of amides is 1. The van der Waals surface area contributed by atoms with E-state index in [0.29, 0.717) is 5.02 Å². The molecule has 0 aromatic heterocycles. The number of carbonyl (C=O) groups excluding carboxylic acids is 4. The quantitative estimate of drug-likeness (QED) is 0.236. The first-order valence-electron chi connectivity index (χ1n) is 11.1. The molecule has 1 aliphatic rings. The highest BCUT2D eigenvalue weighted by Gasteiger charge is 2.36. The number of Topliss-reactive ketones (excluding diaryl/α,β-unsaturated/α-hetero) is 1. The van der Waals surface area contributed by atoms with E-state index in [2.05, 4.69) is 0 Å². The van der Waals surface area contributed by atoms with Crippen molar-refractivity contribution in [3.05, 3.63) is 93.5 Å². The Labute approximate surface area is 217 Å². The Kier molecular flexibility index (Phi) is 7.72. The van der Waals surface area contributed by atoms with Crippen LogP contribution in [0, 0.1) is 12.8 Å². The highest BCUT2D eigenvalue weighted by atomic mass is 35.5. The van der Waals surface area contributed by atoms with Crippen molar-refractivity contribution in [2.24, 2.45) is 5.92 Å². The summed E-state index contributed by atoms with van der Waals surface area (Å²) < 4.78 is 10.5. The van der Waals surface area contributed by atoms with E-state index in [0.717, 1.165) is 11.3 Å². The van der Waals surface area contributed by atoms with Gasteiger partial charge in [-0.05, 0) is 61.5 Å². The van der Waals surface area contributed by atoms with Crippen molar-refractivity contribution in [3.63, 3.8) is 0 Å². The van der Waals surface area contributed by atoms with Crippen LogP contribution in [0.2, 0.25) is 10.0 Å². The summed E-state index contributed by atoms with van der Waals surface area (Å²) in [4.78, 5) is 51.2. The Balaban J connectivity index is 1.29. The minimum atomic E-state index is -0.671. The molecule has 4 rings (SSSR count). The normalized spacial score (nSPS) is 15.0. The third-order valence-corrected chi connectivity index (χ3v) is 6.24. The van der Waals surface area contributed by atoms with Crippen LogP contribution in [-0.4, -0.2) is 36.8 Å². The smallest absolute Gasteiger partial charge is 0.345 e. The van der Waals surface area contributed by atoms with Crippen LogP contribution in [0.5, 0.6) is 5.75 Å². The van der Waals surface area contributed by atoms with Gasteiger partial charge in [-0.3, -0.25) is 14.4 Å². The van der Waals surface area contributed by atoms with Crippen molar-refractivity contribution in [2.75, 3.05) is 18.1 Å². The number of esters is 2. The monoisotopic (exact) mass is 525 g/mol. The molecule has 1 atom stereocenters. The predicted octanol–water partition coefficient (Wildman–Crippen LogP) is 5.30. The molecule has 0 bridgehead atoms. The van der Waals surface area contributed by atoms with Gasteiger partial charge < -0.3 is 14.4 Å². The van der Waals surface area contributed by atoms with Crippen molar-refractivity contribution < 1.29 is 28.7 Å². The molecule has 7 nitrogen and oxygen atoms in total. The molecule has 1 amide bonds. The fraction of sp³-hybridized carbons (Fsp3) is 0.185. The first-order valence-corrected chi connectivity index (χ1v) is 11.8. The Hall–Kier alpha value is -3.68. The molecule has 1 aliphatic heterocycles. The van der Waals surface area contributed by atoms with Crippen molar-refractivity contribution in [2.45, 2.75) is 13.3 Å². The average Bonchev–Trinajstić information content (AvgIpc) is 3.24. The van der Waals surface area contributed by atoms with Gasteiger partial charge >= 0.3 is 11.9 Å². The van der Waals surface area contributed by atoms with Gasteiger partial charge in [-0.25, -0.2) is 4.79 Å². The Morgan fingerprint density at radius 3 is 2.33 bits per heavy atom. The number of rotatable bonds is 7. The van der Waals surface area contributed by atoms with Crippen molar-refractivity contribution >= 4 is 52.5 Å². The number of hydrogen-bond acceptors (Lipinski definition) is 6. The highest BCUT2D eigenvalue weighted by Crippen LogP contribution is 2.26. The molecule has 3 aromatic rings. The predicted molar refractivity (Wildman–Crippen MR) is 135 cm³/mol. The fourth-order valence-electron chi connectivity index (χ4n) is 3.70. The molecule has 1 fully saturated rings. The summed E-state index contributed by atoms with van der Waals surface area (Å²) in [5.74, 6) is -2.31. The van der Waals surface area contributed by atoms with Crippen LogP contribution in [0.4, 0.5) is 5.69 Å². The van der Waals surface area contributed by atoms with Crippen molar-refractivity contribution in [1.29, 1.82) is 0 Å². The SMILES string of the molecule is Cc1ccc(N2C[C@H](C(=O)OCC(=O)c3ccc(OC(=O)c4ccc(Cl)cc4Cl)cc3)CC2=O)cc1. The second kappa shape index (κ2) is 10.9. The summed E-state index contributed by atoms with van der Waals surface area (Å²) in [5, 5.41) is 0.551. The lowest BCUT2D eigenvalue weighted by molar-refractivity contribution is -0.147. The van der Waals surface area contributed by atoms with E-state index in [1.54, 1.807) is 4.90 Å². The molecule has 36 heavy (non-hydrogen) atoms. The zero-order valence-electron chi connectivity index (χ0n) is 19.2. The molecule has 1 heterocycles. The topological polar surface area (TPSA) is 90.0 Å². The number of halogens is 2. The third kappa shape index (κ3) is 5.93. The molecular weight excluding hydrogens is 505 g/mol. The maximum atomic E-state index is 12.5. The summed E-state index contributed by atoms with van der Waals surface area (Å²) in [7, 11) is 0. The number of ether oxygens (including phenoxy) is 2. The second-order valence-corrected chi connectivity index (χ2v) is 9.15. The highest BCUT2D eigenvalue weighted by molar-refractivity contribution is 6.36.